The Morgan fingerprint density at radius 1 is 1.33 bits per heavy atom. The van der Waals surface area contributed by atoms with Crippen molar-refractivity contribution in [1.82, 2.24) is 4.90 Å². The number of carbonyl (C=O) groups is 2. The van der Waals surface area contributed by atoms with Crippen molar-refractivity contribution in [1.29, 1.82) is 0 Å². The molecule has 2 atom stereocenters. The van der Waals surface area contributed by atoms with Crippen molar-refractivity contribution in [2.75, 3.05) is 13.2 Å². The lowest BCUT2D eigenvalue weighted by atomic mass is 9.90. The van der Waals surface area contributed by atoms with Crippen LogP contribution < -0.4 is 0 Å². The van der Waals surface area contributed by atoms with Gasteiger partial charge in [0, 0.05) is 6.54 Å². The summed E-state index contributed by atoms with van der Waals surface area (Å²) in [6, 6.07) is -0.545. The quantitative estimate of drug-likeness (QED) is 0.808. The van der Waals surface area contributed by atoms with Gasteiger partial charge in [0.15, 0.2) is 14.1 Å². The van der Waals surface area contributed by atoms with Crippen LogP contribution in [0.25, 0.3) is 0 Å². The first-order valence-corrected chi connectivity index (χ1v) is 10.5. The molecule has 5 nitrogen and oxygen atoms in total. The fourth-order valence-electron chi connectivity index (χ4n) is 2.24. The molecule has 0 aliphatic carbocycles. The predicted octanol–water partition coefficient (Wildman–Crippen LogP) is 3.36. The Labute approximate surface area is 128 Å². The second-order valence-electron chi connectivity index (χ2n) is 7.64. The summed E-state index contributed by atoms with van der Waals surface area (Å²) in [4.78, 5) is 25.0. The number of hydrogen-bond donors (Lipinski definition) is 1. The van der Waals surface area contributed by atoms with E-state index < -0.39 is 20.5 Å². The van der Waals surface area contributed by atoms with Crippen molar-refractivity contribution < 1.29 is 19.1 Å². The van der Waals surface area contributed by atoms with Crippen LogP contribution in [0.4, 0.5) is 4.79 Å². The Hall–Kier alpha value is -0.883. The summed E-state index contributed by atoms with van der Waals surface area (Å²) >= 11 is 0. The van der Waals surface area contributed by atoms with Crippen LogP contribution in [0, 0.1) is 5.92 Å². The van der Waals surface area contributed by atoms with Gasteiger partial charge in [-0.05, 0) is 36.9 Å². The Kier molecular flexibility index (Phi) is 5.61. The van der Waals surface area contributed by atoms with Crippen LogP contribution in [0.5, 0.6) is 0 Å². The molecule has 0 aromatic heterocycles. The zero-order valence-corrected chi connectivity index (χ0v) is 15.1. The molecule has 0 radical (unpaired) electrons. The molecular formula is C15H29NO4Si. The second kappa shape index (κ2) is 6.48. The monoisotopic (exact) mass is 315 g/mol. The summed E-state index contributed by atoms with van der Waals surface area (Å²) in [5, 5.41) is 9.28. The SMILES string of the molecule is CC1CCN(C(=O)O)[C@@H](C(=O)CO[Si](C)(C)C(C)(C)C)C1. The first-order valence-electron chi connectivity index (χ1n) is 7.62. The largest absolute Gasteiger partial charge is 0.465 e. The minimum Gasteiger partial charge on any atom is -0.465 e. The van der Waals surface area contributed by atoms with Gasteiger partial charge in [0.25, 0.3) is 0 Å². The highest BCUT2D eigenvalue weighted by Gasteiger charge is 2.40. The molecule has 1 unspecified atom stereocenters. The van der Waals surface area contributed by atoms with Crippen LogP contribution in [-0.2, 0) is 9.22 Å². The van der Waals surface area contributed by atoms with Gasteiger partial charge in [-0.3, -0.25) is 9.69 Å². The molecule has 1 N–H and O–H groups in total. The van der Waals surface area contributed by atoms with E-state index in [0.29, 0.717) is 18.9 Å². The molecule has 1 rings (SSSR count). The number of Topliss-reactive ketones (excluding diaryl/α,β-unsaturated/α-hetero) is 1. The van der Waals surface area contributed by atoms with Gasteiger partial charge in [0.1, 0.15) is 0 Å². The topological polar surface area (TPSA) is 66.8 Å². The van der Waals surface area contributed by atoms with Crippen molar-refractivity contribution >= 4 is 20.2 Å². The number of likely N-dealkylation sites (tertiary alicyclic amines) is 1. The first kappa shape index (κ1) is 18.2. The molecule has 1 saturated heterocycles. The average molecular weight is 315 g/mol. The lowest BCUT2D eigenvalue weighted by molar-refractivity contribution is -0.127. The van der Waals surface area contributed by atoms with E-state index in [1.807, 2.05) is 0 Å². The van der Waals surface area contributed by atoms with Crippen molar-refractivity contribution in [2.45, 2.75) is 64.7 Å². The standard InChI is InChI=1S/C15H29NO4Si/c1-11-7-8-16(14(18)19)12(9-11)13(17)10-20-21(5,6)15(2,3)4/h11-12H,7-10H2,1-6H3,(H,18,19)/t11?,12-/m1/s1. The summed E-state index contributed by atoms with van der Waals surface area (Å²) in [6.07, 6.45) is 0.415. The summed E-state index contributed by atoms with van der Waals surface area (Å²) in [7, 11) is -1.98. The summed E-state index contributed by atoms with van der Waals surface area (Å²) in [6.45, 7) is 13.1. The minimum absolute atomic E-state index is 0.0255. The number of carboxylic acid groups (broad SMARTS) is 1. The third kappa shape index (κ3) is 4.54. The van der Waals surface area contributed by atoms with Crippen molar-refractivity contribution in [2.24, 2.45) is 5.92 Å². The van der Waals surface area contributed by atoms with Crippen LogP contribution in [0.3, 0.4) is 0 Å². The molecule has 21 heavy (non-hydrogen) atoms. The van der Waals surface area contributed by atoms with Gasteiger partial charge in [-0.1, -0.05) is 27.7 Å². The summed E-state index contributed by atoms with van der Waals surface area (Å²) in [5.74, 6) is 0.274. The number of piperidine rings is 1. The van der Waals surface area contributed by atoms with Gasteiger partial charge in [-0.25, -0.2) is 4.79 Å². The maximum absolute atomic E-state index is 12.4. The highest BCUT2D eigenvalue weighted by atomic mass is 28.4. The molecule has 1 aliphatic rings. The van der Waals surface area contributed by atoms with Gasteiger partial charge in [-0.15, -0.1) is 0 Å². The van der Waals surface area contributed by atoms with Crippen LogP contribution >= 0.6 is 0 Å². The van der Waals surface area contributed by atoms with Crippen LogP contribution in [-0.4, -0.2) is 49.4 Å². The molecule has 122 valence electrons. The van der Waals surface area contributed by atoms with Crippen molar-refractivity contribution in [3.63, 3.8) is 0 Å². The number of ketones is 1. The fourth-order valence-corrected chi connectivity index (χ4v) is 3.18. The Bertz CT molecular complexity index is 403. The van der Waals surface area contributed by atoms with Gasteiger partial charge in [0.05, 0.1) is 12.6 Å². The van der Waals surface area contributed by atoms with Crippen LogP contribution in [0.1, 0.15) is 40.5 Å². The zero-order valence-electron chi connectivity index (χ0n) is 14.1. The van der Waals surface area contributed by atoms with E-state index in [2.05, 4.69) is 40.8 Å². The molecule has 0 saturated carbocycles. The fraction of sp³-hybridized carbons (Fsp3) is 0.867. The average Bonchev–Trinajstić information content (AvgIpc) is 2.34. The molecular weight excluding hydrogens is 286 g/mol. The van der Waals surface area contributed by atoms with Crippen LogP contribution in [0.2, 0.25) is 18.1 Å². The number of nitrogens with zero attached hydrogens (tertiary/aromatic N) is 1. The lowest BCUT2D eigenvalue weighted by Gasteiger charge is -2.38. The summed E-state index contributed by atoms with van der Waals surface area (Å²) < 4.78 is 5.94. The van der Waals surface area contributed by atoms with E-state index in [0.717, 1.165) is 6.42 Å². The summed E-state index contributed by atoms with van der Waals surface area (Å²) in [5.41, 5.74) is 0. The molecule has 0 spiro atoms. The number of hydrogen-bond acceptors (Lipinski definition) is 3. The highest BCUT2D eigenvalue weighted by Crippen LogP contribution is 2.36. The van der Waals surface area contributed by atoms with E-state index in [1.165, 1.54) is 4.90 Å². The van der Waals surface area contributed by atoms with Crippen molar-refractivity contribution in [3.8, 4) is 0 Å². The Morgan fingerprint density at radius 2 is 1.90 bits per heavy atom. The van der Waals surface area contributed by atoms with Gasteiger partial charge < -0.3 is 9.53 Å². The number of rotatable bonds is 4. The molecule has 1 heterocycles. The molecule has 1 fully saturated rings. The Balaban J connectivity index is 2.70. The molecule has 0 bridgehead atoms. The Morgan fingerprint density at radius 3 is 2.38 bits per heavy atom. The highest BCUT2D eigenvalue weighted by molar-refractivity contribution is 6.74. The zero-order chi connectivity index (χ0) is 16.4. The minimum atomic E-state index is -1.98. The second-order valence-corrected chi connectivity index (χ2v) is 12.4. The van der Waals surface area contributed by atoms with E-state index in [4.69, 9.17) is 4.43 Å². The predicted molar refractivity (Wildman–Crippen MR) is 85.1 cm³/mol. The van der Waals surface area contributed by atoms with Crippen LogP contribution in [0.15, 0.2) is 0 Å². The maximum Gasteiger partial charge on any atom is 0.407 e. The van der Waals surface area contributed by atoms with Gasteiger partial charge >= 0.3 is 6.09 Å². The van der Waals surface area contributed by atoms with E-state index in [9.17, 15) is 14.7 Å². The van der Waals surface area contributed by atoms with Gasteiger partial charge in [-0.2, -0.15) is 0 Å². The molecule has 1 amide bonds. The molecule has 1 aliphatic heterocycles. The normalized spacial score (nSPS) is 24.0. The third-order valence-corrected chi connectivity index (χ3v) is 9.34. The number of carbonyl (C=O) groups excluding carboxylic acids is 1. The lowest BCUT2D eigenvalue weighted by Crippen LogP contribution is -2.51. The molecule has 0 aromatic carbocycles. The molecule has 6 heteroatoms. The third-order valence-electron chi connectivity index (χ3n) is 4.86. The van der Waals surface area contributed by atoms with Crippen molar-refractivity contribution in [3.05, 3.63) is 0 Å². The number of amides is 1. The van der Waals surface area contributed by atoms with E-state index >= 15 is 0 Å². The smallest absolute Gasteiger partial charge is 0.407 e. The maximum atomic E-state index is 12.4. The van der Waals surface area contributed by atoms with Gasteiger partial charge in [0.2, 0.25) is 0 Å². The van der Waals surface area contributed by atoms with E-state index in [1.54, 1.807) is 0 Å². The molecule has 0 aromatic rings. The first-order chi connectivity index (χ1) is 9.45. The van der Waals surface area contributed by atoms with E-state index in [-0.39, 0.29) is 17.4 Å².